The molecule has 2 aliphatic rings. The van der Waals surface area contributed by atoms with Crippen LogP contribution < -0.4 is 4.74 Å². The summed E-state index contributed by atoms with van der Waals surface area (Å²) in [5.41, 5.74) is 1.51. The van der Waals surface area contributed by atoms with Crippen molar-refractivity contribution in [3.05, 3.63) is 48.1 Å². The predicted molar refractivity (Wildman–Crippen MR) is 121 cm³/mol. The van der Waals surface area contributed by atoms with Gasteiger partial charge in [-0.25, -0.2) is 4.79 Å². The minimum atomic E-state index is -1.07. The van der Waals surface area contributed by atoms with Gasteiger partial charge in [0.15, 0.2) is 5.78 Å². The van der Waals surface area contributed by atoms with E-state index in [1.165, 1.54) is 18.7 Å². The van der Waals surface area contributed by atoms with E-state index in [1.807, 2.05) is 49.4 Å². The van der Waals surface area contributed by atoms with Gasteiger partial charge in [-0.1, -0.05) is 43.1 Å². The molecule has 2 aliphatic carbocycles. The second-order valence-electron chi connectivity index (χ2n) is 7.64. The summed E-state index contributed by atoms with van der Waals surface area (Å²) in [5, 5.41) is 13.2. The molecule has 0 amide bonds. The van der Waals surface area contributed by atoms with Crippen LogP contribution in [0.2, 0.25) is 0 Å². The fourth-order valence-electron chi connectivity index (χ4n) is 4.04. The van der Waals surface area contributed by atoms with Gasteiger partial charge in [-0.05, 0) is 48.6 Å². The third kappa shape index (κ3) is 5.46. The minimum absolute atomic E-state index is 0.00357. The Morgan fingerprint density at radius 1 is 1.23 bits per heavy atom. The van der Waals surface area contributed by atoms with Crippen molar-refractivity contribution in [2.45, 2.75) is 55.6 Å². The van der Waals surface area contributed by atoms with Crippen LogP contribution in [0.3, 0.4) is 0 Å². The Labute approximate surface area is 187 Å². The fourth-order valence-corrected chi connectivity index (χ4v) is 5.34. The highest BCUT2D eigenvalue weighted by molar-refractivity contribution is 8.02. The van der Waals surface area contributed by atoms with E-state index >= 15 is 0 Å². The summed E-state index contributed by atoms with van der Waals surface area (Å²) in [6, 6.07) is 7.39. The molecule has 0 aromatic heterocycles. The summed E-state index contributed by atoms with van der Waals surface area (Å²) in [6.45, 7) is 3.31. The fraction of sp³-hybridized carbons (Fsp3) is 0.458. The molecule has 3 rings (SSSR count). The second-order valence-corrected chi connectivity index (χ2v) is 8.96. The smallest absolute Gasteiger partial charge is 0.331 e. The Morgan fingerprint density at radius 3 is 2.55 bits per heavy atom. The maximum atomic E-state index is 13.3. The summed E-state index contributed by atoms with van der Waals surface area (Å²) in [5.74, 6) is 0.442. The molecular formula is C24H29NO5S. The number of hydrogen-bond acceptors (Lipinski definition) is 7. The van der Waals surface area contributed by atoms with E-state index in [4.69, 9.17) is 14.7 Å². The van der Waals surface area contributed by atoms with Gasteiger partial charge >= 0.3 is 5.97 Å². The molecule has 1 unspecified atom stereocenters. The van der Waals surface area contributed by atoms with E-state index in [-0.39, 0.29) is 19.0 Å². The van der Waals surface area contributed by atoms with Gasteiger partial charge in [0.05, 0.1) is 6.61 Å². The molecule has 31 heavy (non-hydrogen) atoms. The number of hydrogen-bond donors (Lipinski definition) is 1. The molecule has 7 heteroatoms. The van der Waals surface area contributed by atoms with Gasteiger partial charge in [0.2, 0.25) is 0 Å². The first-order valence-corrected chi connectivity index (χ1v) is 11.5. The Hall–Kier alpha value is -2.38. The number of carbonyl (C=O) groups is 2. The first-order valence-electron chi connectivity index (χ1n) is 10.7. The predicted octanol–water partition coefficient (Wildman–Crippen LogP) is 4.47. The van der Waals surface area contributed by atoms with Crippen LogP contribution in [0, 0.1) is 5.92 Å². The van der Waals surface area contributed by atoms with Crippen LogP contribution in [0.1, 0.15) is 46.0 Å². The van der Waals surface area contributed by atoms with Crippen LogP contribution in [-0.2, 0) is 14.4 Å². The number of aliphatic hydroxyl groups excluding tert-OH is 1. The van der Waals surface area contributed by atoms with Crippen LogP contribution in [0.25, 0.3) is 0 Å². The maximum absolute atomic E-state index is 13.3. The lowest BCUT2D eigenvalue weighted by Gasteiger charge is -2.34. The highest BCUT2D eigenvalue weighted by Gasteiger charge is 2.46. The number of ketones is 1. The summed E-state index contributed by atoms with van der Waals surface area (Å²) in [6.07, 6.45) is 10.5. The summed E-state index contributed by atoms with van der Waals surface area (Å²) in [7, 11) is 0. The quantitative estimate of drug-likeness (QED) is 0.448. The topological polar surface area (TPSA) is 85.2 Å². The van der Waals surface area contributed by atoms with E-state index in [2.05, 4.69) is 5.16 Å². The van der Waals surface area contributed by atoms with E-state index in [0.29, 0.717) is 23.8 Å². The van der Waals surface area contributed by atoms with Crippen LogP contribution in [-0.4, -0.2) is 40.5 Å². The zero-order chi connectivity index (χ0) is 22.3. The normalized spacial score (nSPS) is 22.4. The molecule has 1 aromatic rings. The first-order chi connectivity index (χ1) is 15.0. The summed E-state index contributed by atoms with van der Waals surface area (Å²) in [4.78, 5) is 30.9. The molecule has 0 aliphatic heterocycles. The first kappa shape index (κ1) is 23.3. The number of carbonyl (C=O) groups excluding carboxylic acids is 2. The molecule has 166 valence electrons. The standard InChI is InChI=1S/C24H29NO5S/c1-3-22(28)24(31-20-12-10-19(11-13-20)29-16-15-26)14-6-9-21(18-7-4-5-8-18)23(24)25-30-17(2)27/h6,9-14,18,26H,3-5,7-8,15-16H2,1-2H3/b25-23-. The van der Waals surface area contributed by atoms with Crippen molar-refractivity contribution in [1.29, 1.82) is 0 Å². The van der Waals surface area contributed by atoms with Crippen molar-refractivity contribution in [3.63, 3.8) is 0 Å². The van der Waals surface area contributed by atoms with Crippen molar-refractivity contribution in [3.8, 4) is 5.75 Å². The summed E-state index contributed by atoms with van der Waals surface area (Å²) >= 11 is 1.40. The number of benzene rings is 1. The number of oxime groups is 1. The Morgan fingerprint density at radius 2 is 1.94 bits per heavy atom. The highest BCUT2D eigenvalue weighted by atomic mass is 32.2. The lowest BCUT2D eigenvalue weighted by molar-refractivity contribution is -0.141. The Balaban J connectivity index is 1.99. The van der Waals surface area contributed by atoms with Gasteiger partial charge in [-0.3, -0.25) is 4.79 Å². The van der Waals surface area contributed by atoms with Crippen LogP contribution in [0.4, 0.5) is 0 Å². The highest BCUT2D eigenvalue weighted by Crippen LogP contribution is 2.45. The number of rotatable bonds is 9. The molecular weight excluding hydrogens is 414 g/mol. The number of nitrogens with zero attached hydrogens (tertiary/aromatic N) is 1. The molecule has 1 fully saturated rings. The average Bonchev–Trinajstić information content (AvgIpc) is 3.31. The van der Waals surface area contributed by atoms with Crippen LogP contribution in [0.15, 0.2) is 58.1 Å². The van der Waals surface area contributed by atoms with Crippen LogP contribution >= 0.6 is 11.8 Å². The number of ether oxygens (including phenoxy) is 1. The second kappa shape index (κ2) is 10.8. The Kier molecular flexibility index (Phi) is 8.09. The van der Waals surface area contributed by atoms with Gasteiger partial charge in [0.1, 0.15) is 22.8 Å². The molecule has 1 N–H and O–H groups in total. The number of allylic oxidation sites excluding steroid dienone is 3. The van der Waals surface area contributed by atoms with Crippen molar-refractivity contribution >= 4 is 29.2 Å². The lowest BCUT2D eigenvalue weighted by atomic mass is 9.80. The molecule has 0 saturated heterocycles. The zero-order valence-corrected chi connectivity index (χ0v) is 18.8. The average molecular weight is 444 g/mol. The van der Waals surface area contributed by atoms with Gasteiger partial charge in [0.25, 0.3) is 0 Å². The van der Waals surface area contributed by atoms with Crippen molar-refractivity contribution in [2.24, 2.45) is 11.1 Å². The molecule has 0 spiro atoms. The largest absolute Gasteiger partial charge is 0.491 e. The van der Waals surface area contributed by atoms with E-state index in [0.717, 1.165) is 36.2 Å². The Bertz CT molecular complexity index is 884. The van der Waals surface area contributed by atoms with Crippen molar-refractivity contribution in [2.75, 3.05) is 13.2 Å². The van der Waals surface area contributed by atoms with Gasteiger partial charge in [-0.2, -0.15) is 0 Å². The summed E-state index contributed by atoms with van der Waals surface area (Å²) < 4.78 is 4.37. The van der Waals surface area contributed by atoms with Gasteiger partial charge < -0.3 is 14.7 Å². The molecule has 1 aromatic carbocycles. The molecule has 0 bridgehead atoms. The van der Waals surface area contributed by atoms with E-state index in [1.54, 1.807) is 0 Å². The molecule has 0 radical (unpaired) electrons. The van der Waals surface area contributed by atoms with Gasteiger partial charge in [-0.15, -0.1) is 11.8 Å². The third-order valence-corrected chi connectivity index (χ3v) is 6.88. The monoisotopic (exact) mass is 443 g/mol. The molecule has 6 nitrogen and oxygen atoms in total. The lowest BCUT2D eigenvalue weighted by Crippen LogP contribution is -2.45. The van der Waals surface area contributed by atoms with Crippen molar-refractivity contribution in [1.82, 2.24) is 0 Å². The van der Waals surface area contributed by atoms with E-state index in [9.17, 15) is 9.59 Å². The number of aliphatic hydroxyl groups is 1. The number of Topliss-reactive ketones (excluding diaryl/α,β-unsaturated/α-hetero) is 1. The molecule has 0 heterocycles. The molecule has 1 atom stereocenters. The van der Waals surface area contributed by atoms with E-state index < -0.39 is 10.7 Å². The van der Waals surface area contributed by atoms with Crippen LogP contribution in [0.5, 0.6) is 5.75 Å². The maximum Gasteiger partial charge on any atom is 0.331 e. The molecule has 1 saturated carbocycles. The SMILES string of the molecule is CCC(=O)C1(Sc2ccc(OCCO)cc2)C=CC=C(C2CCCC2)/C1=N/OC(C)=O. The van der Waals surface area contributed by atoms with Crippen molar-refractivity contribution < 1.29 is 24.3 Å². The number of thioether (sulfide) groups is 1. The zero-order valence-electron chi connectivity index (χ0n) is 18.0. The van der Waals surface area contributed by atoms with Gasteiger partial charge in [0, 0.05) is 18.2 Å². The third-order valence-electron chi connectivity index (χ3n) is 5.49. The minimum Gasteiger partial charge on any atom is -0.491 e.